The zero-order chi connectivity index (χ0) is 12.6. The molecule has 0 bridgehead atoms. The van der Waals surface area contributed by atoms with Crippen LogP contribution in [0.4, 0.5) is 5.82 Å². The van der Waals surface area contributed by atoms with Gasteiger partial charge in [-0.25, -0.2) is 0 Å². The second-order valence-corrected chi connectivity index (χ2v) is 3.39. The van der Waals surface area contributed by atoms with Gasteiger partial charge in [-0.2, -0.15) is 0 Å². The first-order chi connectivity index (χ1) is 8.00. The molecule has 8 heteroatoms. The summed E-state index contributed by atoms with van der Waals surface area (Å²) >= 11 is 0. The summed E-state index contributed by atoms with van der Waals surface area (Å²) in [6, 6.07) is 1.62. The molecule has 0 spiro atoms. The predicted molar refractivity (Wildman–Crippen MR) is 56.4 cm³/mol. The van der Waals surface area contributed by atoms with Gasteiger partial charge in [0.15, 0.2) is 0 Å². The number of aliphatic carboxylic acids is 1. The van der Waals surface area contributed by atoms with Crippen molar-refractivity contribution >= 4 is 17.3 Å². The van der Waals surface area contributed by atoms with E-state index in [-0.39, 0.29) is 16.9 Å². The molecule has 8 nitrogen and oxygen atoms in total. The van der Waals surface area contributed by atoms with Gasteiger partial charge in [-0.05, 0) is 27.6 Å². The van der Waals surface area contributed by atoms with E-state index >= 15 is 0 Å². The van der Waals surface area contributed by atoms with Crippen molar-refractivity contribution in [1.82, 2.24) is 9.38 Å². The molecule has 1 atom stereocenters. The Morgan fingerprint density at radius 3 is 2.94 bits per heavy atom. The fourth-order valence-corrected chi connectivity index (χ4v) is 1.47. The quantitative estimate of drug-likeness (QED) is 0.584. The minimum atomic E-state index is -1.21. The van der Waals surface area contributed by atoms with Crippen LogP contribution < -0.4 is 5.73 Å². The first kappa shape index (κ1) is 11.0. The highest BCUT2D eigenvalue weighted by atomic mass is 16.6. The number of rotatable bonds is 3. The van der Waals surface area contributed by atoms with E-state index in [0.29, 0.717) is 0 Å². The van der Waals surface area contributed by atoms with Gasteiger partial charge in [0.1, 0.15) is 11.6 Å². The number of pyridine rings is 1. The first-order valence-electron chi connectivity index (χ1n) is 4.60. The van der Waals surface area contributed by atoms with E-state index in [4.69, 9.17) is 10.8 Å². The topological polar surface area (TPSA) is 124 Å². The van der Waals surface area contributed by atoms with Crippen LogP contribution in [0.15, 0.2) is 24.7 Å². The van der Waals surface area contributed by atoms with Gasteiger partial charge in [0.05, 0.1) is 0 Å². The molecule has 88 valence electrons. The van der Waals surface area contributed by atoms with E-state index in [1.54, 1.807) is 0 Å². The molecule has 0 aliphatic heterocycles. The van der Waals surface area contributed by atoms with Gasteiger partial charge in [-0.15, -0.1) is 0 Å². The van der Waals surface area contributed by atoms with Crippen LogP contribution >= 0.6 is 0 Å². The number of fused-ring (bicyclic) bond motifs is 1. The standard InChI is InChI=1S/C9H8N4O4/c10-7(9(14)15)5-1-2-12-4-11-8(13(16)17)6(12)3-5/h1-4,7H,10H2,(H,14,15). The van der Waals surface area contributed by atoms with Crippen LogP contribution in [-0.4, -0.2) is 25.4 Å². The monoisotopic (exact) mass is 236 g/mol. The molecule has 0 aromatic carbocycles. The molecular formula is C9H8N4O4. The van der Waals surface area contributed by atoms with Crippen LogP contribution in [0, 0.1) is 10.1 Å². The number of carbonyl (C=O) groups is 1. The van der Waals surface area contributed by atoms with E-state index in [0.717, 1.165) is 0 Å². The lowest BCUT2D eigenvalue weighted by Gasteiger charge is -2.06. The molecule has 0 fully saturated rings. The SMILES string of the molecule is NC(C(=O)O)c1ccn2cnc([N+](=O)[O-])c2c1. The summed E-state index contributed by atoms with van der Waals surface area (Å²) in [5, 5.41) is 19.4. The average molecular weight is 236 g/mol. The molecular weight excluding hydrogens is 228 g/mol. The molecule has 2 heterocycles. The van der Waals surface area contributed by atoms with E-state index in [1.165, 1.54) is 29.1 Å². The first-order valence-corrected chi connectivity index (χ1v) is 4.60. The minimum Gasteiger partial charge on any atom is -0.480 e. The van der Waals surface area contributed by atoms with Crippen LogP contribution in [0.2, 0.25) is 0 Å². The van der Waals surface area contributed by atoms with Crippen molar-refractivity contribution in [2.75, 3.05) is 0 Å². The molecule has 0 saturated carbocycles. The largest absolute Gasteiger partial charge is 0.480 e. The van der Waals surface area contributed by atoms with Crippen molar-refractivity contribution in [3.63, 3.8) is 0 Å². The van der Waals surface area contributed by atoms with Gasteiger partial charge in [0.25, 0.3) is 0 Å². The average Bonchev–Trinajstić information content (AvgIpc) is 2.70. The number of nitrogens with zero attached hydrogens (tertiary/aromatic N) is 3. The van der Waals surface area contributed by atoms with Crippen LogP contribution in [0.25, 0.3) is 5.52 Å². The second kappa shape index (κ2) is 3.83. The Morgan fingerprint density at radius 2 is 2.35 bits per heavy atom. The summed E-state index contributed by atoms with van der Waals surface area (Å²) in [4.78, 5) is 24.4. The van der Waals surface area contributed by atoms with Crippen LogP contribution in [-0.2, 0) is 4.79 Å². The molecule has 0 amide bonds. The Morgan fingerprint density at radius 1 is 1.65 bits per heavy atom. The van der Waals surface area contributed by atoms with Crippen molar-refractivity contribution in [2.45, 2.75) is 6.04 Å². The maximum absolute atomic E-state index is 10.7. The zero-order valence-electron chi connectivity index (χ0n) is 8.48. The Labute approximate surface area is 94.4 Å². The summed E-state index contributed by atoms with van der Waals surface area (Å²) in [6.45, 7) is 0. The predicted octanol–water partition coefficient (Wildman–Crippen LogP) is 0.327. The molecule has 2 aromatic rings. The van der Waals surface area contributed by atoms with Crippen LogP contribution in [0.5, 0.6) is 0 Å². The molecule has 0 aliphatic carbocycles. The number of carboxylic acids is 1. The Balaban J connectivity index is 2.59. The highest BCUT2D eigenvalue weighted by Gasteiger charge is 2.19. The lowest BCUT2D eigenvalue weighted by molar-refractivity contribution is -0.387. The number of hydrogen-bond donors (Lipinski definition) is 2. The van der Waals surface area contributed by atoms with Gasteiger partial charge in [-0.1, -0.05) is 0 Å². The van der Waals surface area contributed by atoms with E-state index < -0.39 is 16.9 Å². The minimum absolute atomic E-state index is 0.212. The van der Waals surface area contributed by atoms with Gasteiger partial charge in [-0.3, -0.25) is 9.20 Å². The van der Waals surface area contributed by atoms with Gasteiger partial charge in [0.2, 0.25) is 6.33 Å². The smallest absolute Gasteiger partial charge is 0.389 e. The van der Waals surface area contributed by atoms with Crippen molar-refractivity contribution < 1.29 is 14.8 Å². The van der Waals surface area contributed by atoms with Crippen LogP contribution in [0.1, 0.15) is 11.6 Å². The highest BCUT2D eigenvalue weighted by Crippen LogP contribution is 2.21. The molecule has 0 radical (unpaired) electrons. The molecule has 2 rings (SSSR count). The molecule has 2 aromatic heterocycles. The maximum atomic E-state index is 10.7. The second-order valence-electron chi connectivity index (χ2n) is 3.39. The number of nitrogens with two attached hydrogens (primary N) is 1. The third-order valence-electron chi connectivity index (χ3n) is 2.34. The molecule has 0 aliphatic rings. The summed E-state index contributed by atoms with van der Waals surface area (Å²) < 4.78 is 1.43. The third-order valence-corrected chi connectivity index (χ3v) is 2.34. The number of carboxylic acid groups (broad SMARTS) is 1. The van der Waals surface area contributed by atoms with Crippen molar-refractivity contribution in [3.8, 4) is 0 Å². The lowest BCUT2D eigenvalue weighted by atomic mass is 10.1. The van der Waals surface area contributed by atoms with Crippen molar-refractivity contribution in [3.05, 3.63) is 40.3 Å². The maximum Gasteiger partial charge on any atom is 0.389 e. The fourth-order valence-electron chi connectivity index (χ4n) is 1.47. The number of hydrogen-bond acceptors (Lipinski definition) is 5. The fraction of sp³-hybridized carbons (Fsp3) is 0.111. The Hall–Kier alpha value is -2.48. The number of nitro groups is 1. The molecule has 17 heavy (non-hydrogen) atoms. The van der Waals surface area contributed by atoms with E-state index in [1.807, 2.05) is 0 Å². The molecule has 1 unspecified atom stereocenters. The van der Waals surface area contributed by atoms with Gasteiger partial charge < -0.3 is 21.0 Å². The summed E-state index contributed by atoms with van der Waals surface area (Å²) in [5.74, 6) is -1.53. The number of aromatic nitrogens is 2. The molecule has 3 N–H and O–H groups in total. The lowest BCUT2D eigenvalue weighted by Crippen LogP contribution is -2.20. The third kappa shape index (κ3) is 1.81. The highest BCUT2D eigenvalue weighted by molar-refractivity contribution is 5.76. The summed E-state index contributed by atoms with van der Waals surface area (Å²) in [7, 11) is 0. The Bertz CT molecular complexity index is 606. The summed E-state index contributed by atoms with van der Waals surface area (Å²) in [6.07, 6.45) is 2.76. The van der Waals surface area contributed by atoms with E-state index in [2.05, 4.69) is 4.98 Å². The normalized spacial score (nSPS) is 12.5. The summed E-state index contributed by atoms with van der Waals surface area (Å²) in [5.41, 5.74) is 5.92. The zero-order valence-corrected chi connectivity index (χ0v) is 8.48. The van der Waals surface area contributed by atoms with Crippen molar-refractivity contribution in [2.24, 2.45) is 5.73 Å². The van der Waals surface area contributed by atoms with Crippen LogP contribution in [0.3, 0.4) is 0 Å². The number of imidazole rings is 1. The molecule has 0 saturated heterocycles. The van der Waals surface area contributed by atoms with Crippen molar-refractivity contribution in [1.29, 1.82) is 0 Å². The van der Waals surface area contributed by atoms with Gasteiger partial charge >= 0.3 is 11.8 Å². The van der Waals surface area contributed by atoms with E-state index in [9.17, 15) is 14.9 Å². The Kier molecular flexibility index (Phi) is 2.48. The van der Waals surface area contributed by atoms with Gasteiger partial charge in [0, 0.05) is 6.20 Å².